The van der Waals surface area contributed by atoms with Crippen molar-refractivity contribution in [1.82, 2.24) is 4.90 Å². The van der Waals surface area contributed by atoms with Crippen molar-refractivity contribution in [2.24, 2.45) is 17.8 Å². The minimum absolute atomic E-state index is 0.00310. The van der Waals surface area contributed by atoms with Crippen LogP contribution in [0.15, 0.2) is 0 Å². The zero-order valence-corrected chi connectivity index (χ0v) is 13.4. The molecule has 0 bridgehead atoms. The van der Waals surface area contributed by atoms with Crippen LogP contribution in [0, 0.1) is 17.8 Å². The molecule has 1 heterocycles. The van der Waals surface area contributed by atoms with Crippen LogP contribution in [0.2, 0.25) is 0 Å². The lowest BCUT2D eigenvalue weighted by Gasteiger charge is -2.37. The standard InChI is InChI=1S/C17H31NO2/c1-13(2)15-8-7-14(3)11-16(15)20-17(19)12-18-9-5-4-6-10-18/h13-16H,4-12H2,1-3H3. The van der Waals surface area contributed by atoms with Crippen molar-refractivity contribution in [2.45, 2.75) is 65.4 Å². The molecule has 1 aliphatic carbocycles. The van der Waals surface area contributed by atoms with Crippen LogP contribution in [0.25, 0.3) is 0 Å². The molecule has 1 saturated heterocycles. The van der Waals surface area contributed by atoms with Gasteiger partial charge in [0.25, 0.3) is 0 Å². The van der Waals surface area contributed by atoms with Gasteiger partial charge >= 0.3 is 5.97 Å². The van der Waals surface area contributed by atoms with Crippen LogP contribution >= 0.6 is 0 Å². The van der Waals surface area contributed by atoms with E-state index >= 15 is 0 Å². The van der Waals surface area contributed by atoms with Gasteiger partial charge in [-0.15, -0.1) is 0 Å². The molecule has 1 saturated carbocycles. The van der Waals surface area contributed by atoms with Crippen molar-refractivity contribution >= 4 is 5.97 Å². The average molecular weight is 281 g/mol. The zero-order valence-electron chi connectivity index (χ0n) is 13.4. The Balaban J connectivity index is 1.83. The largest absolute Gasteiger partial charge is 0.461 e. The second-order valence-electron chi connectivity index (χ2n) is 7.19. The van der Waals surface area contributed by atoms with Crippen molar-refractivity contribution in [3.63, 3.8) is 0 Å². The Kier molecular flexibility index (Phi) is 5.88. The first-order chi connectivity index (χ1) is 9.56. The van der Waals surface area contributed by atoms with Crippen LogP contribution in [-0.4, -0.2) is 36.6 Å². The summed E-state index contributed by atoms with van der Waals surface area (Å²) in [5.74, 6) is 1.85. The number of likely N-dealkylation sites (tertiary alicyclic amines) is 1. The molecule has 0 N–H and O–H groups in total. The molecule has 1 aliphatic heterocycles. The summed E-state index contributed by atoms with van der Waals surface area (Å²) in [4.78, 5) is 14.4. The normalized spacial score (nSPS) is 32.3. The number of hydrogen-bond acceptors (Lipinski definition) is 3. The van der Waals surface area contributed by atoms with E-state index in [1.807, 2.05) is 0 Å². The Morgan fingerprint density at radius 1 is 1.20 bits per heavy atom. The van der Waals surface area contributed by atoms with E-state index in [1.54, 1.807) is 0 Å². The first kappa shape index (κ1) is 15.8. The van der Waals surface area contributed by atoms with Crippen LogP contribution in [0.1, 0.15) is 59.3 Å². The van der Waals surface area contributed by atoms with Gasteiger partial charge < -0.3 is 4.74 Å². The smallest absolute Gasteiger partial charge is 0.320 e. The fraction of sp³-hybridized carbons (Fsp3) is 0.941. The molecular weight excluding hydrogens is 250 g/mol. The van der Waals surface area contributed by atoms with E-state index in [-0.39, 0.29) is 12.1 Å². The zero-order chi connectivity index (χ0) is 14.5. The van der Waals surface area contributed by atoms with Crippen LogP contribution in [0.4, 0.5) is 0 Å². The Bertz CT molecular complexity index is 310. The van der Waals surface area contributed by atoms with E-state index in [0.29, 0.717) is 24.3 Å². The molecule has 3 nitrogen and oxygen atoms in total. The number of nitrogens with zero attached hydrogens (tertiary/aromatic N) is 1. The molecular formula is C17H31NO2. The van der Waals surface area contributed by atoms with Gasteiger partial charge in [-0.25, -0.2) is 0 Å². The van der Waals surface area contributed by atoms with Crippen LogP contribution < -0.4 is 0 Å². The molecule has 3 atom stereocenters. The summed E-state index contributed by atoms with van der Waals surface area (Å²) in [6.07, 6.45) is 7.44. The predicted molar refractivity (Wildman–Crippen MR) is 81.5 cm³/mol. The van der Waals surface area contributed by atoms with E-state index in [1.165, 1.54) is 32.1 Å². The van der Waals surface area contributed by atoms with Crippen LogP contribution in [-0.2, 0) is 9.53 Å². The molecule has 2 rings (SSSR count). The summed E-state index contributed by atoms with van der Waals surface area (Å²) in [7, 11) is 0. The highest BCUT2D eigenvalue weighted by Crippen LogP contribution is 2.35. The second kappa shape index (κ2) is 7.44. The molecule has 0 amide bonds. The topological polar surface area (TPSA) is 29.5 Å². The molecule has 2 fully saturated rings. The molecule has 116 valence electrons. The van der Waals surface area contributed by atoms with Gasteiger partial charge in [-0.2, -0.15) is 0 Å². The number of ether oxygens (including phenoxy) is 1. The summed E-state index contributed by atoms with van der Waals surface area (Å²) in [6.45, 7) is 9.41. The monoisotopic (exact) mass is 281 g/mol. The van der Waals surface area contributed by atoms with E-state index in [9.17, 15) is 4.79 Å². The van der Waals surface area contributed by atoms with Gasteiger partial charge in [-0.3, -0.25) is 9.69 Å². The molecule has 0 aromatic carbocycles. The van der Waals surface area contributed by atoms with Crippen molar-refractivity contribution in [2.75, 3.05) is 19.6 Å². The lowest BCUT2D eigenvalue weighted by Crippen LogP contribution is -2.40. The Labute approximate surface area is 124 Å². The van der Waals surface area contributed by atoms with Gasteiger partial charge in [-0.05, 0) is 56.5 Å². The van der Waals surface area contributed by atoms with Gasteiger partial charge in [0.15, 0.2) is 0 Å². The Hall–Kier alpha value is -0.570. The Morgan fingerprint density at radius 3 is 2.55 bits per heavy atom. The van der Waals surface area contributed by atoms with E-state index in [2.05, 4.69) is 25.7 Å². The summed E-state index contributed by atoms with van der Waals surface area (Å²) >= 11 is 0. The summed E-state index contributed by atoms with van der Waals surface area (Å²) in [5.41, 5.74) is 0. The predicted octanol–water partition coefficient (Wildman–Crippen LogP) is 3.48. The van der Waals surface area contributed by atoms with Gasteiger partial charge in [0.2, 0.25) is 0 Å². The van der Waals surface area contributed by atoms with E-state index < -0.39 is 0 Å². The first-order valence-corrected chi connectivity index (χ1v) is 8.48. The molecule has 2 aliphatic rings. The summed E-state index contributed by atoms with van der Waals surface area (Å²) in [6, 6.07) is 0. The number of carbonyl (C=O) groups excluding carboxylic acids is 1. The third-order valence-electron chi connectivity index (χ3n) is 5.05. The van der Waals surface area contributed by atoms with Gasteiger partial charge in [0, 0.05) is 0 Å². The van der Waals surface area contributed by atoms with Crippen molar-refractivity contribution in [3.8, 4) is 0 Å². The number of carbonyl (C=O) groups is 1. The number of hydrogen-bond donors (Lipinski definition) is 0. The SMILES string of the molecule is CC1CCC(C(C)C)C(OC(=O)CN2CCCCC2)C1. The van der Waals surface area contributed by atoms with Crippen molar-refractivity contribution < 1.29 is 9.53 Å². The van der Waals surface area contributed by atoms with Crippen molar-refractivity contribution in [3.05, 3.63) is 0 Å². The maximum Gasteiger partial charge on any atom is 0.320 e. The highest BCUT2D eigenvalue weighted by atomic mass is 16.5. The average Bonchev–Trinajstić information content (AvgIpc) is 2.39. The number of piperidine rings is 1. The van der Waals surface area contributed by atoms with Crippen LogP contribution in [0.5, 0.6) is 0 Å². The highest BCUT2D eigenvalue weighted by molar-refractivity contribution is 5.71. The molecule has 0 aromatic heterocycles. The first-order valence-electron chi connectivity index (χ1n) is 8.48. The third-order valence-corrected chi connectivity index (χ3v) is 5.05. The van der Waals surface area contributed by atoms with E-state index in [4.69, 9.17) is 4.74 Å². The maximum absolute atomic E-state index is 12.2. The molecule has 3 heteroatoms. The fourth-order valence-electron chi connectivity index (χ4n) is 3.76. The maximum atomic E-state index is 12.2. The minimum Gasteiger partial charge on any atom is -0.461 e. The number of rotatable bonds is 4. The van der Waals surface area contributed by atoms with Gasteiger partial charge in [0.05, 0.1) is 6.54 Å². The quantitative estimate of drug-likeness (QED) is 0.739. The lowest BCUT2D eigenvalue weighted by atomic mass is 9.75. The lowest BCUT2D eigenvalue weighted by molar-refractivity contribution is -0.157. The van der Waals surface area contributed by atoms with Crippen LogP contribution in [0.3, 0.4) is 0 Å². The van der Waals surface area contributed by atoms with Crippen molar-refractivity contribution in [1.29, 1.82) is 0 Å². The molecule has 20 heavy (non-hydrogen) atoms. The molecule has 3 unspecified atom stereocenters. The molecule has 0 radical (unpaired) electrons. The summed E-state index contributed by atoms with van der Waals surface area (Å²) < 4.78 is 5.86. The molecule has 0 spiro atoms. The van der Waals surface area contributed by atoms with Gasteiger partial charge in [-0.1, -0.05) is 33.6 Å². The fourth-order valence-corrected chi connectivity index (χ4v) is 3.76. The second-order valence-corrected chi connectivity index (χ2v) is 7.19. The Morgan fingerprint density at radius 2 is 1.90 bits per heavy atom. The minimum atomic E-state index is -0.00310. The third kappa shape index (κ3) is 4.47. The number of esters is 1. The highest BCUT2D eigenvalue weighted by Gasteiger charge is 2.33. The summed E-state index contributed by atoms with van der Waals surface area (Å²) in [5, 5.41) is 0. The van der Waals surface area contributed by atoms with E-state index in [0.717, 1.165) is 19.5 Å². The molecule has 0 aromatic rings. The van der Waals surface area contributed by atoms with Gasteiger partial charge in [0.1, 0.15) is 6.10 Å².